The molecule has 11 heavy (non-hydrogen) atoms. The molecule has 0 aromatic carbocycles. The number of hydrogen-bond acceptors (Lipinski definition) is 3. The number of rotatable bonds is 3. The second-order valence-electron chi connectivity index (χ2n) is 2.51. The lowest BCUT2D eigenvalue weighted by Gasteiger charge is -2.16. The van der Waals surface area contributed by atoms with E-state index in [1.54, 1.807) is 0 Å². The van der Waals surface area contributed by atoms with Crippen LogP contribution in [0.1, 0.15) is 13.3 Å². The van der Waals surface area contributed by atoms with E-state index in [0.29, 0.717) is 0 Å². The standard InChI is InChI=1S/C8H17N3/c1-4-5-7(10)8(6-9)11(2)3/h5-6H,4,9-10H2,1-3H3/b7-5+,8-6+. The summed E-state index contributed by atoms with van der Waals surface area (Å²) in [7, 11) is 3.82. The van der Waals surface area contributed by atoms with Crippen LogP contribution in [0.4, 0.5) is 0 Å². The SMILES string of the molecule is CC/C=C(N)\C(=C/N)N(C)C. The van der Waals surface area contributed by atoms with E-state index in [-0.39, 0.29) is 0 Å². The van der Waals surface area contributed by atoms with Crippen LogP contribution in [0.15, 0.2) is 23.7 Å². The summed E-state index contributed by atoms with van der Waals surface area (Å²) in [5.74, 6) is 0. The molecule has 0 aromatic rings. The van der Waals surface area contributed by atoms with Gasteiger partial charge < -0.3 is 16.4 Å². The predicted molar refractivity (Wildman–Crippen MR) is 48.5 cm³/mol. The van der Waals surface area contributed by atoms with Crippen molar-refractivity contribution in [2.45, 2.75) is 13.3 Å². The largest absolute Gasteiger partial charge is 0.403 e. The Bertz CT molecular complexity index is 168. The van der Waals surface area contributed by atoms with Crippen molar-refractivity contribution in [1.29, 1.82) is 0 Å². The molecular formula is C8H17N3. The summed E-state index contributed by atoms with van der Waals surface area (Å²) < 4.78 is 0. The van der Waals surface area contributed by atoms with Crippen LogP contribution in [0.5, 0.6) is 0 Å². The minimum absolute atomic E-state index is 0.736. The van der Waals surface area contributed by atoms with Gasteiger partial charge in [0.25, 0.3) is 0 Å². The molecule has 3 nitrogen and oxygen atoms in total. The highest BCUT2D eigenvalue weighted by Crippen LogP contribution is 2.05. The number of nitrogens with two attached hydrogens (primary N) is 2. The highest BCUT2D eigenvalue weighted by atomic mass is 15.1. The maximum absolute atomic E-state index is 5.71. The molecule has 0 aliphatic rings. The first-order chi connectivity index (χ1) is 5.13. The van der Waals surface area contributed by atoms with E-state index in [9.17, 15) is 0 Å². The van der Waals surface area contributed by atoms with Gasteiger partial charge >= 0.3 is 0 Å². The number of allylic oxidation sites excluding steroid dienone is 1. The van der Waals surface area contributed by atoms with Crippen molar-refractivity contribution in [3.05, 3.63) is 23.7 Å². The second-order valence-corrected chi connectivity index (χ2v) is 2.51. The smallest absolute Gasteiger partial charge is 0.0748 e. The van der Waals surface area contributed by atoms with E-state index in [4.69, 9.17) is 11.5 Å². The van der Waals surface area contributed by atoms with Crippen molar-refractivity contribution < 1.29 is 0 Å². The quantitative estimate of drug-likeness (QED) is 0.587. The molecule has 0 amide bonds. The second kappa shape index (κ2) is 4.66. The van der Waals surface area contributed by atoms with Gasteiger partial charge in [0.1, 0.15) is 0 Å². The lowest BCUT2D eigenvalue weighted by atomic mass is 10.3. The van der Waals surface area contributed by atoms with Crippen LogP contribution in [0.25, 0.3) is 0 Å². The van der Waals surface area contributed by atoms with Gasteiger partial charge in [0.05, 0.1) is 11.4 Å². The maximum atomic E-state index is 5.71. The first-order valence-corrected chi connectivity index (χ1v) is 3.68. The highest BCUT2D eigenvalue weighted by molar-refractivity contribution is 5.25. The molecule has 0 bridgehead atoms. The maximum Gasteiger partial charge on any atom is 0.0748 e. The number of hydrogen-bond donors (Lipinski definition) is 2. The molecule has 0 saturated carbocycles. The lowest BCUT2D eigenvalue weighted by molar-refractivity contribution is 0.518. The zero-order chi connectivity index (χ0) is 8.85. The Morgan fingerprint density at radius 1 is 1.45 bits per heavy atom. The minimum Gasteiger partial charge on any atom is -0.403 e. The molecule has 4 N–H and O–H groups in total. The van der Waals surface area contributed by atoms with Crippen molar-refractivity contribution in [2.24, 2.45) is 11.5 Å². The third-order valence-corrected chi connectivity index (χ3v) is 1.36. The first kappa shape index (κ1) is 9.88. The highest BCUT2D eigenvalue weighted by Gasteiger charge is 2.00. The Morgan fingerprint density at radius 3 is 2.27 bits per heavy atom. The molecule has 0 spiro atoms. The zero-order valence-corrected chi connectivity index (χ0v) is 7.46. The molecule has 64 valence electrons. The van der Waals surface area contributed by atoms with Gasteiger partial charge in [-0.1, -0.05) is 13.0 Å². The van der Waals surface area contributed by atoms with Crippen LogP contribution < -0.4 is 11.5 Å². The molecule has 0 aliphatic heterocycles. The minimum atomic E-state index is 0.736. The average Bonchev–Trinajstić information content (AvgIpc) is 1.88. The Kier molecular flexibility index (Phi) is 4.18. The van der Waals surface area contributed by atoms with Crippen LogP contribution in [-0.4, -0.2) is 19.0 Å². The number of nitrogens with zero attached hydrogens (tertiary/aromatic N) is 1. The summed E-state index contributed by atoms with van der Waals surface area (Å²) in [6, 6.07) is 0. The van der Waals surface area contributed by atoms with Crippen molar-refractivity contribution in [3.8, 4) is 0 Å². The molecular weight excluding hydrogens is 138 g/mol. The fraction of sp³-hybridized carbons (Fsp3) is 0.500. The topological polar surface area (TPSA) is 55.3 Å². The van der Waals surface area contributed by atoms with E-state index in [2.05, 4.69) is 0 Å². The first-order valence-electron chi connectivity index (χ1n) is 3.68. The molecule has 0 fully saturated rings. The molecule has 0 atom stereocenters. The molecule has 0 aliphatic carbocycles. The normalized spacial score (nSPS) is 13.4. The van der Waals surface area contributed by atoms with Gasteiger partial charge in [0, 0.05) is 20.3 Å². The molecule has 3 heteroatoms. The molecule has 0 unspecified atom stereocenters. The molecule has 0 heterocycles. The summed E-state index contributed by atoms with van der Waals surface area (Å²) in [5, 5.41) is 0. The van der Waals surface area contributed by atoms with Gasteiger partial charge in [-0.15, -0.1) is 0 Å². The summed E-state index contributed by atoms with van der Waals surface area (Å²) in [6.45, 7) is 2.04. The average molecular weight is 155 g/mol. The van der Waals surface area contributed by atoms with Gasteiger partial charge in [-0.3, -0.25) is 0 Å². The Hall–Kier alpha value is -1.12. The van der Waals surface area contributed by atoms with Crippen LogP contribution in [0, 0.1) is 0 Å². The Balaban J connectivity index is 4.40. The third-order valence-electron chi connectivity index (χ3n) is 1.36. The van der Waals surface area contributed by atoms with Gasteiger partial charge in [-0.2, -0.15) is 0 Å². The van der Waals surface area contributed by atoms with Crippen molar-refractivity contribution >= 4 is 0 Å². The summed E-state index contributed by atoms with van der Waals surface area (Å²) in [6.07, 6.45) is 4.39. The van der Waals surface area contributed by atoms with Crippen molar-refractivity contribution in [1.82, 2.24) is 4.90 Å². The van der Waals surface area contributed by atoms with Crippen molar-refractivity contribution in [3.63, 3.8) is 0 Å². The van der Waals surface area contributed by atoms with E-state index in [0.717, 1.165) is 17.8 Å². The predicted octanol–water partition coefficient (Wildman–Crippen LogP) is 0.601. The van der Waals surface area contributed by atoms with Crippen molar-refractivity contribution in [2.75, 3.05) is 14.1 Å². The molecule has 0 radical (unpaired) electrons. The summed E-state index contributed by atoms with van der Waals surface area (Å²) >= 11 is 0. The summed E-state index contributed by atoms with van der Waals surface area (Å²) in [4.78, 5) is 1.89. The van der Waals surface area contributed by atoms with Gasteiger partial charge in [0.15, 0.2) is 0 Å². The van der Waals surface area contributed by atoms with Gasteiger partial charge in [-0.25, -0.2) is 0 Å². The third kappa shape index (κ3) is 2.98. The van der Waals surface area contributed by atoms with Gasteiger partial charge in [0.2, 0.25) is 0 Å². The van der Waals surface area contributed by atoms with Crippen LogP contribution in [0.2, 0.25) is 0 Å². The number of likely N-dealkylation sites (N-methyl/N-ethyl adjacent to an activating group) is 1. The fourth-order valence-electron chi connectivity index (χ4n) is 0.828. The monoisotopic (exact) mass is 155 g/mol. The van der Waals surface area contributed by atoms with Crippen LogP contribution >= 0.6 is 0 Å². The molecule has 0 aromatic heterocycles. The van der Waals surface area contributed by atoms with Gasteiger partial charge in [-0.05, 0) is 6.42 Å². The van der Waals surface area contributed by atoms with E-state index >= 15 is 0 Å². The molecule has 0 saturated heterocycles. The Morgan fingerprint density at radius 2 is 2.00 bits per heavy atom. The summed E-state index contributed by atoms with van der Waals surface area (Å²) in [5.41, 5.74) is 12.7. The van der Waals surface area contributed by atoms with E-state index < -0.39 is 0 Å². The van der Waals surface area contributed by atoms with E-state index in [1.807, 2.05) is 32.0 Å². The van der Waals surface area contributed by atoms with E-state index in [1.165, 1.54) is 6.20 Å². The van der Waals surface area contributed by atoms with Crippen LogP contribution in [0.3, 0.4) is 0 Å². The Labute approximate surface area is 68.4 Å². The lowest BCUT2D eigenvalue weighted by Crippen LogP contribution is -2.18. The zero-order valence-electron chi connectivity index (χ0n) is 7.46. The van der Waals surface area contributed by atoms with Crippen LogP contribution in [-0.2, 0) is 0 Å². The molecule has 0 rings (SSSR count). The fourth-order valence-corrected chi connectivity index (χ4v) is 0.828.